The van der Waals surface area contributed by atoms with Gasteiger partial charge in [-0.3, -0.25) is 9.59 Å². The molecule has 0 aliphatic rings. The van der Waals surface area contributed by atoms with E-state index in [0.29, 0.717) is 25.1 Å². The van der Waals surface area contributed by atoms with Crippen molar-refractivity contribution < 1.29 is 18.7 Å². The third kappa shape index (κ3) is 5.42. The molecule has 1 amide bonds. The Hall–Kier alpha value is -2.04. The Kier molecular flexibility index (Phi) is 5.85. The van der Waals surface area contributed by atoms with E-state index in [-0.39, 0.29) is 11.9 Å². The molecule has 1 rings (SSSR count). The summed E-state index contributed by atoms with van der Waals surface area (Å²) in [6, 6.07) is 3.64. The van der Waals surface area contributed by atoms with Crippen molar-refractivity contribution in [3.05, 3.63) is 29.7 Å². The van der Waals surface area contributed by atoms with Crippen LogP contribution in [-0.4, -0.2) is 37.5 Å². The Balaban J connectivity index is 2.36. The molecule has 104 valence electrons. The molecule has 0 spiro atoms. The molecule has 0 fully saturated rings. The minimum Gasteiger partial charge on any atom is -0.469 e. The van der Waals surface area contributed by atoms with E-state index in [2.05, 4.69) is 4.74 Å². The maximum absolute atomic E-state index is 11.7. The van der Waals surface area contributed by atoms with Crippen molar-refractivity contribution in [2.75, 3.05) is 20.7 Å². The standard InChI is InChI=1S/C14H19NO4/c1-11-6-7-12(19-11)8-9-13(16)15(2)10-4-5-14(17)18-3/h6-9H,4-5,10H2,1-3H3/b9-8+. The monoisotopic (exact) mass is 265 g/mol. The van der Waals surface area contributed by atoms with Crippen LogP contribution >= 0.6 is 0 Å². The predicted octanol–water partition coefficient (Wildman–Crippen LogP) is 2.01. The summed E-state index contributed by atoms with van der Waals surface area (Å²) < 4.78 is 9.85. The van der Waals surface area contributed by atoms with Crippen molar-refractivity contribution in [1.29, 1.82) is 0 Å². The van der Waals surface area contributed by atoms with Crippen LogP contribution in [0.4, 0.5) is 0 Å². The van der Waals surface area contributed by atoms with E-state index in [0.717, 1.165) is 5.76 Å². The molecule has 0 aromatic carbocycles. The first-order valence-electron chi connectivity index (χ1n) is 6.09. The number of esters is 1. The summed E-state index contributed by atoms with van der Waals surface area (Å²) in [6.45, 7) is 2.35. The van der Waals surface area contributed by atoms with Gasteiger partial charge in [0.2, 0.25) is 5.91 Å². The highest BCUT2D eigenvalue weighted by Crippen LogP contribution is 2.08. The van der Waals surface area contributed by atoms with Crippen molar-refractivity contribution in [2.24, 2.45) is 0 Å². The van der Waals surface area contributed by atoms with Crippen molar-refractivity contribution in [3.8, 4) is 0 Å². The Bertz CT molecular complexity index is 462. The van der Waals surface area contributed by atoms with Gasteiger partial charge in [-0.15, -0.1) is 0 Å². The number of nitrogens with zero attached hydrogens (tertiary/aromatic N) is 1. The Labute approximate surface area is 112 Å². The third-order valence-corrected chi connectivity index (χ3v) is 2.63. The normalized spacial score (nSPS) is 10.7. The lowest BCUT2D eigenvalue weighted by Crippen LogP contribution is -2.26. The molecular formula is C14H19NO4. The van der Waals surface area contributed by atoms with Crippen LogP contribution in [-0.2, 0) is 14.3 Å². The van der Waals surface area contributed by atoms with Crippen LogP contribution in [0.25, 0.3) is 6.08 Å². The summed E-state index contributed by atoms with van der Waals surface area (Å²) in [7, 11) is 3.04. The average molecular weight is 265 g/mol. The molecule has 0 unspecified atom stereocenters. The molecule has 5 heteroatoms. The van der Waals surface area contributed by atoms with Gasteiger partial charge in [-0.05, 0) is 31.6 Å². The van der Waals surface area contributed by atoms with Crippen molar-refractivity contribution in [2.45, 2.75) is 19.8 Å². The number of aryl methyl sites for hydroxylation is 1. The quantitative estimate of drug-likeness (QED) is 0.583. The van der Waals surface area contributed by atoms with Crippen LogP contribution in [0.1, 0.15) is 24.4 Å². The predicted molar refractivity (Wildman–Crippen MR) is 71.4 cm³/mol. The topological polar surface area (TPSA) is 59.8 Å². The third-order valence-electron chi connectivity index (χ3n) is 2.63. The number of rotatable bonds is 6. The van der Waals surface area contributed by atoms with Gasteiger partial charge >= 0.3 is 5.97 Å². The van der Waals surface area contributed by atoms with Gasteiger partial charge in [-0.2, -0.15) is 0 Å². The first-order chi connectivity index (χ1) is 9.02. The van der Waals surface area contributed by atoms with E-state index in [9.17, 15) is 9.59 Å². The molecule has 1 aromatic rings. The smallest absolute Gasteiger partial charge is 0.305 e. The molecule has 19 heavy (non-hydrogen) atoms. The summed E-state index contributed by atoms with van der Waals surface area (Å²) in [5.74, 6) is 1.06. The van der Waals surface area contributed by atoms with Gasteiger partial charge in [0.25, 0.3) is 0 Å². The Morgan fingerprint density at radius 2 is 2.16 bits per heavy atom. The first-order valence-corrected chi connectivity index (χ1v) is 6.09. The van der Waals surface area contributed by atoms with E-state index in [1.807, 2.05) is 13.0 Å². The largest absolute Gasteiger partial charge is 0.469 e. The molecule has 0 aliphatic carbocycles. The lowest BCUT2D eigenvalue weighted by atomic mass is 10.3. The molecule has 1 heterocycles. The fourth-order valence-electron chi connectivity index (χ4n) is 1.50. The van der Waals surface area contributed by atoms with Gasteiger partial charge in [-0.1, -0.05) is 0 Å². The number of furan rings is 1. The number of carbonyl (C=O) groups is 2. The van der Waals surface area contributed by atoms with Crippen LogP contribution in [0.5, 0.6) is 0 Å². The summed E-state index contributed by atoms with van der Waals surface area (Å²) in [4.78, 5) is 24.2. The summed E-state index contributed by atoms with van der Waals surface area (Å²) in [5.41, 5.74) is 0. The molecule has 5 nitrogen and oxygen atoms in total. The molecule has 0 aliphatic heterocycles. The lowest BCUT2D eigenvalue weighted by molar-refractivity contribution is -0.141. The molecule has 1 aromatic heterocycles. The van der Waals surface area contributed by atoms with Gasteiger partial charge in [0.05, 0.1) is 7.11 Å². The van der Waals surface area contributed by atoms with E-state index >= 15 is 0 Å². The number of methoxy groups -OCH3 is 1. The summed E-state index contributed by atoms with van der Waals surface area (Å²) in [5, 5.41) is 0. The minimum atomic E-state index is -0.262. The minimum absolute atomic E-state index is 0.126. The molecule has 0 bridgehead atoms. The van der Waals surface area contributed by atoms with Crippen LogP contribution in [0.2, 0.25) is 0 Å². The fraction of sp³-hybridized carbons (Fsp3) is 0.429. The maximum Gasteiger partial charge on any atom is 0.305 e. The van der Waals surface area contributed by atoms with Gasteiger partial charge in [0.15, 0.2) is 0 Å². The first kappa shape index (κ1) is 15.0. The highest BCUT2D eigenvalue weighted by molar-refractivity contribution is 5.91. The van der Waals surface area contributed by atoms with E-state index in [1.165, 1.54) is 13.2 Å². The number of hydrogen-bond acceptors (Lipinski definition) is 4. The van der Waals surface area contributed by atoms with Crippen LogP contribution in [0.15, 0.2) is 22.6 Å². The molecule has 0 radical (unpaired) electrons. The van der Waals surface area contributed by atoms with Gasteiger partial charge in [0, 0.05) is 26.1 Å². The van der Waals surface area contributed by atoms with Gasteiger partial charge < -0.3 is 14.1 Å². The number of hydrogen-bond donors (Lipinski definition) is 0. The number of ether oxygens (including phenoxy) is 1. The molecular weight excluding hydrogens is 246 g/mol. The van der Waals surface area contributed by atoms with Gasteiger partial charge in [0.1, 0.15) is 11.5 Å². The van der Waals surface area contributed by atoms with Crippen molar-refractivity contribution >= 4 is 18.0 Å². The number of likely N-dealkylation sites (N-methyl/N-ethyl adjacent to an activating group) is 1. The zero-order chi connectivity index (χ0) is 14.3. The molecule has 0 atom stereocenters. The molecule has 0 saturated heterocycles. The van der Waals surface area contributed by atoms with E-state index in [4.69, 9.17) is 4.42 Å². The highest BCUT2D eigenvalue weighted by Gasteiger charge is 2.06. The zero-order valence-electron chi connectivity index (χ0n) is 11.5. The van der Waals surface area contributed by atoms with E-state index < -0.39 is 0 Å². The van der Waals surface area contributed by atoms with Crippen molar-refractivity contribution in [3.63, 3.8) is 0 Å². The second-order valence-electron chi connectivity index (χ2n) is 4.22. The molecule has 0 N–H and O–H groups in total. The zero-order valence-corrected chi connectivity index (χ0v) is 11.5. The average Bonchev–Trinajstić information content (AvgIpc) is 2.81. The number of amides is 1. The summed E-state index contributed by atoms with van der Waals surface area (Å²) in [6.07, 6.45) is 3.99. The second-order valence-corrected chi connectivity index (χ2v) is 4.22. The van der Waals surface area contributed by atoms with Crippen LogP contribution in [0, 0.1) is 6.92 Å². The lowest BCUT2D eigenvalue weighted by Gasteiger charge is -2.14. The SMILES string of the molecule is COC(=O)CCCN(C)C(=O)/C=C/c1ccc(C)o1. The maximum atomic E-state index is 11.7. The molecule has 0 saturated carbocycles. The van der Waals surface area contributed by atoms with Crippen molar-refractivity contribution in [1.82, 2.24) is 4.90 Å². The Morgan fingerprint density at radius 3 is 2.74 bits per heavy atom. The van der Waals surface area contributed by atoms with Crippen LogP contribution in [0.3, 0.4) is 0 Å². The van der Waals surface area contributed by atoms with Gasteiger partial charge in [-0.25, -0.2) is 0 Å². The number of carbonyl (C=O) groups excluding carboxylic acids is 2. The highest BCUT2D eigenvalue weighted by atomic mass is 16.5. The van der Waals surface area contributed by atoms with E-state index in [1.54, 1.807) is 24.1 Å². The summed E-state index contributed by atoms with van der Waals surface area (Å²) >= 11 is 0. The Morgan fingerprint density at radius 1 is 1.42 bits per heavy atom. The fourth-order valence-corrected chi connectivity index (χ4v) is 1.50. The second kappa shape index (κ2) is 7.41. The van der Waals surface area contributed by atoms with Crippen LogP contribution < -0.4 is 0 Å².